The maximum absolute atomic E-state index is 5.17. The first-order valence-corrected chi connectivity index (χ1v) is 5.45. The van der Waals surface area contributed by atoms with Crippen LogP contribution in [0.25, 0.3) is 0 Å². The Morgan fingerprint density at radius 2 is 2.53 bits per heavy atom. The molecule has 2 heterocycles. The van der Waals surface area contributed by atoms with E-state index in [2.05, 4.69) is 15.5 Å². The van der Waals surface area contributed by atoms with Crippen LogP contribution >= 0.6 is 0 Å². The van der Waals surface area contributed by atoms with E-state index in [1.165, 1.54) is 6.42 Å². The molecule has 1 saturated heterocycles. The molecule has 15 heavy (non-hydrogen) atoms. The van der Waals surface area contributed by atoms with Gasteiger partial charge in [0, 0.05) is 20.1 Å². The third kappa shape index (κ3) is 2.76. The van der Waals surface area contributed by atoms with Crippen molar-refractivity contribution in [2.24, 2.45) is 0 Å². The zero-order valence-electron chi connectivity index (χ0n) is 9.03. The third-order valence-electron chi connectivity index (χ3n) is 2.59. The number of nitrogens with zero attached hydrogens (tertiary/aromatic N) is 2. The summed E-state index contributed by atoms with van der Waals surface area (Å²) in [7, 11) is 1.70. The Hall–Kier alpha value is -0.940. The molecule has 1 aliphatic heterocycles. The van der Waals surface area contributed by atoms with Gasteiger partial charge in [-0.05, 0) is 25.8 Å². The first-order chi connectivity index (χ1) is 7.40. The molecule has 0 bridgehead atoms. The summed E-state index contributed by atoms with van der Waals surface area (Å²) >= 11 is 0. The molecule has 2 rings (SSSR count). The molecule has 1 aromatic heterocycles. The van der Waals surface area contributed by atoms with E-state index < -0.39 is 0 Å². The Kier molecular flexibility index (Phi) is 3.69. The molecular weight excluding hydrogens is 194 g/mol. The lowest BCUT2D eigenvalue weighted by molar-refractivity contribution is 0.192. The predicted molar refractivity (Wildman–Crippen MR) is 54.5 cm³/mol. The fourth-order valence-electron chi connectivity index (χ4n) is 1.78. The van der Waals surface area contributed by atoms with Gasteiger partial charge in [-0.1, -0.05) is 5.16 Å². The normalized spacial score (nSPS) is 21.0. The maximum Gasteiger partial charge on any atom is 0.226 e. The zero-order valence-corrected chi connectivity index (χ0v) is 9.03. The van der Waals surface area contributed by atoms with Crippen molar-refractivity contribution in [1.82, 2.24) is 15.5 Å². The van der Waals surface area contributed by atoms with E-state index in [1.54, 1.807) is 7.11 Å². The van der Waals surface area contributed by atoms with E-state index in [9.17, 15) is 0 Å². The average molecular weight is 211 g/mol. The van der Waals surface area contributed by atoms with E-state index in [0.29, 0.717) is 6.04 Å². The Morgan fingerprint density at radius 1 is 1.60 bits per heavy atom. The molecule has 0 aromatic carbocycles. The smallest absolute Gasteiger partial charge is 0.226 e. The molecule has 0 saturated carbocycles. The van der Waals surface area contributed by atoms with E-state index in [0.717, 1.165) is 44.1 Å². The van der Waals surface area contributed by atoms with Gasteiger partial charge in [0.15, 0.2) is 5.82 Å². The highest BCUT2D eigenvalue weighted by Gasteiger charge is 2.21. The summed E-state index contributed by atoms with van der Waals surface area (Å²) in [5, 5.41) is 7.33. The zero-order chi connectivity index (χ0) is 10.5. The molecule has 1 fully saturated rings. The van der Waals surface area contributed by atoms with E-state index in [-0.39, 0.29) is 0 Å². The average Bonchev–Trinajstić information content (AvgIpc) is 2.87. The van der Waals surface area contributed by atoms with Crippen LogP contribution in [0.3, 0.4) is 0 Å². The summed E-state index contributed by atoms with van der Waals surface area (Å²) < 4.78 is 10.1. The van der Waals surface area contributed by atoms with Gasteiger partial charge in [-0.15, -0.1) is 0 Å². The van der Waals surface area contributed by atoms with Crippen LogP contribution in [0.4, 0.5) is 0 Å². The van der Waals surface area contributed by atoms with Gasteiger partial charge in [0.2, 0.25) is 5.89 Å². The van der Waals surface area contributed by atoms with Gasteiger partial charge in [0.25, 0.3) is 0 Å². The van der Waals surface area contributed by atoms with Crippen molar-refractivity contribution >= 4 is 0 Å². The highest BCUT2D eigenvalue weighted by Crippen LogP contribution is 2.20. The first kappa shape index (κ1) is 10.6. The van der Waals surface area contributed by atoms with Crippen molar-refractivity contribution in [2.45, 2.75) is 31.7 Å². The minimum absolute atomic E-state index is 0.296. The van der Waals surface area contributed by atoms with Crippen LogP contribution in [0.5, 0.6) is 0 Å². The van der Waals surface area contributed by atoms with Gasteiger partial charge in [0.1, 0.15) is 0 Å². The summed E-state index contributed by atoms with van der Waals surface area (Å²) in [5.41, 5.74) is 0. The standard InChI is InChI=1S/C10H17N3O2/c1-14-7-3-5-9-12-10(13-15-9)8-4-2-6-11-8/h8,11H,2-7H2,1H3. The molecule has 1 aliphatic rings. The number of aryl methyl sites for hydroxylation is 1. The highest BCUT2D eigenvalue weighted by molar-refractivity contribution is 4.96. The van der Waals surface area contributed by atoms with E-state index in [1.807, 2.05) is 0 Å². The maximum atomic E-state index is 5.17. The van der Waals surface area contributed by atoms with Gasteiger partial charge in [-0.2, -0.15) is 4.98 Å². The van der Waals surface area contributed by atoms with E-state index in [4.69, 9.17) is 9.26 Å². The highest BCUT2D eigenvalue weighted by atomic mass is 16.5. The first-order valence-electron chi connectivity index (χ1n) is 5.45. The summed E-state index contributed by atoms with van der Waals surface area (Å²) in [6.07, 6.45) is 4.03. The molecule has 1 aromatic rings. The second kappa shape index (κ2) is 5.23. The SMILES string of the molecule is COCCCc1nc(C2CCCN2)no1. The second-order valence-electron chi connectivity index (χ2n) is 3.79. The fourth-order valence-corrected chi connectivity index (χ4v) is 1.78. The fraction of sp³-hybridized carbons (Fsp3) is 0.800. The van der Waals surface area contributed by atoms with Gasteiger partial charge in [-0.3, -0.25) is 0 Å². The van der Waals surface area contributed by atoms with Gasteiger partial charge >= 0.3 is 0 Å². The van der Waals surface area contributed by atoms with E-state index >= 15 is 0 Å². The molecule has 5 nitrogen and oxygen atoms in total. The Labute approximate surface area is 89.2 Å². The third-order valence-corrected chi connectivity index (χ3v) is 2.59. The lowest BCUT2D eigenvalue weighted by atomic mass is 10.2. The van der Waals surface area contributed by atoms with Crippen LogP contribution < -0.4 is 5.32 Å². The summed E-state index contributed by atoms with van der Waals surface area (Å²) in [6.45, 7) is 1.79. The number of hydrogen-bond acceptors (Lipinski definition) is 5. The topological polar surface area (TPSA) is 60.2 Å². The lowest BCUT2D eigenvalue weighted by Gasteiger charge is -2.01. The van der Waals surface area contributed by atoms with Crippen molar-refractivity contribution < 1.29 is 9.26 Å². The molecular formula is C10H17N3O2. The molecule has 1 atom stereocenters. The molecule has 84 valence electrons. The predicted octanol–water partition coefficient (Wildman–Crippen LogP) is 1.07. The quantitative estimate of drug-likeness (QED) is 0.738. The van der Waals surface area contributed by atoms with Gasteiger partial charge in [-0.25, -0.2) is 0 Å². The monoisotopic (exact) mass is 211 g/mol. The number of rotatable bonds is 5. The summed E-state index contributed by atoms with van der Waals surface area (Å²) in [5.74, 6) is 1.52. The Bertz CT molecular complexity index is 295. The van der Waals surface area contributed by atoms with Crippen LogP contribution in [0.2, 0.25) is 0 Å². The largest absolute Gasteiger partial charge is 0.385 e. The van der Waals surface area contributed by atoms with Crippen molar-refractivity contribution in [1.29, 1.82) is 0 Å². The number of hydrogen-bond donors (Lipinski definition) is 1. The Balaban J connectivity index is 1.86. The minimum atomic E-state index is 0.296. The molecule has 0 spiro atoms. The van der Waals surface area contributed by atoms with Crippen LogP contribution in [0.15, 0.2) is 4.52 Å². The number of aromatic nitrogens is 2. The molecule has 0 amide bonds. The Morgan fingerprint density at radius 3 is 3.27 bits per heavy atom. The van der Waals surface area contributed by atoms with Gasteiger partial charge < -0.3 is 14.6 Å². The van der Waals surface area contributed by atoms with Crippen molar-refractivity contribution in [3.05, 3.63) is 11.7 Å². The van der Waals surface area contributed by atoms with Crippen molar-refractivity contribution in [3.8, 4) is 0 Å². The van der Waals surface area contributed by atoms with Crippen LogP contribution in [-0.4, -0.2) is 30.4 Å². The van der Waals surface area contributed by atoms with Crippen LogP contribution in [0, 0.1) is 0 Å². The molecule has 1 unspecified atom stereocenters. The minimum Gasteiger partial charge on any atom is -0.385 e. The van der Waals surface area contributed by atoms with Crippen LogP contribution in [-0.2, 0) is 11.2 Å². The summed E-state index contributed by atoms with van der Waals surface area (Å²) in [4.78, 5) is 4.37. The van der Waals surface area contributed by atoms with Crippen LogP contribution in [0.1, 0.15) is 37.0 Å². The lowest BCUT2D eigenvalue weighted by Crippen LogP contribution is -2.14. The molecule has 0 radical (unpaired) electrons. The summed E-state index contributed by atoms with van der Waals surface area (Å²) in [6, 6.07) is 0.296. The van der Waals surface area contributed by atoms with Crippen molar-refractivity contribution in [3.63, 3.8) is 0 Å². The number of methoxy groups -OCH3 is 1. The van der Waals surface area contributed by atoms with Gasteiger partial charge in [0.05, 0.1) is 6.04 Å². The second-order valence-corrected chi connectivity index (χ2v) is 3.79. The molecule has 5 heteroatoms. The number of ether oxygens (including phenoxy) is 1. The molecule has 0 aliphatic carbocycles. The number of nitrogens with one attached hydrogen (secondary N) is 1. The van der Waals surface area contributed by atoms with Crippen molar-refractivity contribution in [2.75, 3.05) is 20.3 Å². The molecule has 1 N–H and O–H groups in total.